The molecule has 3 aromatic rings. The van der Waals surface area contributed by atoms with Crippen molar-refractivity contribution in [2.24, 2.45) is 10.2 Å². The molecule has 0 saturated heterocycles. The normalized spacial score (nSPS) is 12.3. The van der Waals surface area contributed by atoms with Crippen LogP contribution in [0.25, 0.3) is 11.1 Å². The number of aromatic nitrogens is 1. The highest BCUT2D eigenvalue weighted by atomic mass is 16.3. The van der Waals surface area contributed by atoms with Crippen LogP contribution in [-0.2, 0) is 6.61 Å². The van der Waals surface area contributed by atoms with E-state index in [9.17, 15) is 10.2 Å². The fourth-order valence-electron chi connectivity index (χ4n) is 3.17. The Kier molecular flexibility index (Phi) is 4.07. The summed E-state index contributed by atoms with van der Waals surface area (Å²) in [5.41, 5.74) is 6.54. The first-order valence-corrected chi connectivity index (χ1v) is 8.29. The Morgan fingerprint density at radius 2 is 1.54 bits per heavy atom. The molecule has 1 heterocycles. The average molecular weight is 343 g/mol. The molecule has 0 spiro atoms. The molecule has 26 heavy (non-hydrogen) atoms. The largest absolute Gasteiger partial charge is 0.505 e. The van der Waals surface area contributed by atoms with E-state index in [4.69, 9.17) is 0 Å². The van der Waals surface area contributed by atoms with Gasteiger partial charge in [0.25, 0.3) is 0 Å². The summed E-state index contributed by atoms with van der Waals surface area (Å²) in [7, 11) is 0. The van der Waals surface area contributed by atoms with Crippen LogP contribution in [0.2, 0.25) is 0 Å². The number of nitrogens with zero attached hydrogens (tertiary/aromatic N) is 3. The van der Waals surface area contributed by atoms with Gasteiger partial charge in [0.1, 0.15) is 11.5 Å². The highest BCUT2D eigenvalue weighted by Gasteiger charge is 2.23. The van der Waals surface area contributed by atoms with Gasteiger partial charge in [0, 0.05) is 28.5 Å². The van der Waals surface area contributed by atoms with Crippen LogP contribution in [0, 0.1) is 6.92 Å². The van der Waals surface area contributed by atoms with E-state index >= 15 is 0 Å². The van der Waals surface area contributed by atoms with Crippen LogP contribution >= 0.6 is 0 Å². The van der Waals surface area contributed by atoms with E-state index < -0.39 is 0 Å². The molecule has 0 saturated carbocycles. The van der Waals surface area contributed by atoms with Crippen molar-refractivity contribution in [2.45, 2.75) is 13.5 Å². The van der Waals surface area contributed by atoms with Crippen molar-refractivity contribution >= 4 is 11.9 Å². The third-order valence-electron chi connectivity index (χ3n) is 4.53. The van der Waals surface area contributed by atoms with Gasteiger partial charge in [0.2, 0.25) is 0 Å². The quantitative estimate of drug-likeness (QED) is 0.442. The lowest BCUT2D eigenvalue weighted by atomic mass is 10.1. The van der Waals surface area contributed by atoms with Gasteiger partial charge in [-0.05, 0) is 18.1 Å². The highest BCUT2D eigenvalue weighted by Crippen LogP contribution is 2.36. The first-order chi connectivity index (χ1) is 12.7. The Labute approximate surface area is 151 Å². The maximum atomic E-state index is 10.2. The molecule has 0 bridgehead atoms. The number of benzene rings is 2. The molecule has 1 aromatic heterocycles. The Bertz CT molecular complexity index is 1010. The van der Waals surface area contributed by atoms with E-state index in [-0.39, 0.29) is 12.4 Å². The molecule has 0 aliphatic heterocycles. The second-order valence-electron chi connectivity index (χ2n) is 6.07. The third kappa shape index (κ3) is 2.59. The van der Waals surface area contributed by atoms with Crippen LogP contribution in [0.15, 0.2) is 64.9 Å². The molecule has 128 valence electrons. The lowest BCUT2D eigenvalue weighted by Crippen LogP contribution is -1.99. The fraction of sp³-hybridized carbons (Fsp3) is 0.0952. The van der Waals surface area contributed by atoms with Crippen molar-refractivity contribution in [3.8, 4) is 16.9 Å². The van der Waals surface area contributed by atoms with Gasteiger partial charge in [-0.2, -0.15) is 5.10 Å². The number of aliphatic hydroxyl groups is 1. The number of aromatic hydroxyl groups is 1. The molecular formula is C21H17N3O2. The molecule has 1 aliphatic carbocycles. The highest BCUT2D eigenvalue weighted by molar-refractivity contribution is 6.24. The number of hydrogen-bond acceptors (Lipinski definition) is 5. The van der Waals surface area contributed by atoms with Gasteiger partial charge in [-0.1, -0.05) is 48.5 Å². The third-order valence-corrected chi connectivity index (χ3v) is 4.53. The number of rotatable bonds is 3. The summed E-state index contributed by atoms with van der Waals surface area (Å²) < 4.78 is 0. The van der Waals surface area contributed by atoms with Crippen LogP contribution < -0.4 is 0 Å². The monoisotopic (exact) mass is 343 g/mol. The summed E-state index contributed by atoms with van der Waals surface area (Å²) in [5.74, 6) is 0.00715. The van der Waals surface area contributed by atoms with Gasteiger partial charge in [-0.3, -0.25) is 4.98 Å². The van der Waals surface area contributed by atoms with Crippen molar-refractivity contribution < 1.29 is 10.2 Å². The molecule has 5 heteroatoms. The van der Waals surface area contributed by atoms with Crippen LogP contribution in [0.1, 0.15) is 27.9 Å². The van der Waals surface area contributed by atoms with Crippen LogP contribution in [0.4, 0.5) is 0 Å². The van der Waals surface area contributed by atoms with Crippen molar-refractivity contribution in [1.82, 2.24) is 4.98 Å². The lowest BCUT2D eigenvalue weighted by Gasteiger charge is -2.06. The minimum atomic E-state index is -0.232. The zero-order valence-electron chi connectivity index (χ0n) is 14.2. The molecule has 1 aliphatic rings. The van der Waals surface area contributed by atoms with E-state index in [1.54, 1.807) is 6.92 Å². The van der Waals surface area contributed by atoms with Crippen LogP contribution in [0.5, 0.6) is 5.75 Å². The number of pyridine rings is 1. The summed E-state index contributed by atoms with van der Waals surface area (Å²) in [6.45, 7) is 1.47. The fourth-order valence-corrected chi connectivity index (χ4v) is 3.17. The van der Waals surface area contributed by atoms with E-state index in [1.165, 1.54) is 12.4 Å². The summed E-state index contributed by atoms with van der Waals surface area (Å²) >= 11 is 0. The maximum Gasteiger partial charge on any atom is 0.145 e. The predicted molar refractivity (Wildman–Crippen MR) is 102 cm³/mol. The van der Waals surface area contributed by atoms with E-state index in [0.717, 1.165) is 28.0 Å². The maximum absolute atomic E-state index is 10.2. The zero-order valence-corrected chi connectivity index (χ0v) is 14.2. The molecule has 2 N–H and O–H groups in total. The van der Waals surface area contributed by atoms with Gasteiger partial charge in [-0.25, -0.2) is 0 Å². The van der Waals surface area contributed by atoms with E-state index in [2.05, 4.69) is 27.3 Å². The van der Waals surface area contributed by atoms with Crippen molar-refractivity contribution in [1.29, 1.82) is 0 Å². The molecule has 0 fully saturated rings. The molecule has 0 atom stereocenters. The number of hydrogen-bond donors (Lipinski definition) is 2. The van der Waals surface area contributed by atoms with E-state index in [1.807, 2.05) is 36.4 Å². The lowest BCUT2D eigenvalue weighted by molar-refractivity contribution is 0.280. The first kappa shape index (κ1) is 16.2. The van der Waals surface area contributed by atoms with E-state index in [0.29, 0.717) is 16.8 Å². The number of aryl methyl sites for hydroxylation is 1. The average Bonchev–Trinajstić information content (AvgIpc) is 2.99. The number of fused-ring (bicyclic) bond motifs is 3. The van der Waals surface area contributed by atoms with Gasteiger partial charge in [0.05, 0.1) is 18.5 Å². The molecule has 5 nitrogen and oxygen atoms in total. The van der Waals surface area contributed by atoms with Gasteiger partial charge >= 0.3 is 0 Å². The van der Waals surface area contributed by atoms with Crippen molar-refractivity contribution in [2.75, 3.05) is 0 Å². The standard InChI is InChI=1S/C21H17N3O2/c1-13-21(26)19(14(12-25)10-22-13)11-23-24-20-17-8-4-2-6-15(17)16-7-3-5-9-18(16)20/h2-11,25-26H,12H2,1H3/b23-11+. The Morgan fingerprint density at radius 3 is 2.12 bits per heavy atom. The van der Waals surface area contributed by atoms with Crippen LogP contribution in [0.3, 0.4) is 0 Å². The van der Waals surface area contributed by atoms with Crippen molar-refractivity contribution in [3.05, 3.63) is 82.7 Å². The Hall–Kier alpha value is -3.31. The first-order valence-electron chi connectivity index (χ1n) is 8.29. The second kappa shape index (κ2) is 6.54. The number of aliphatic hydroxyl groups excluding tert-OH is 1. The SMILES string of the molecule is Cc1ncc(CO)c(/C=N/N=C2c3ccccc3-c3ccccc32)c1O. The Balaban J connectivity index is 1.79. The topological polar surface area (TPSA) is 78.1 Å². The molecule has 0 radical (unpaired) electrons. The molecule has 4 rings (SSSR count). The summed E-state index contributed by atoms with van der Waals surface area (Å²) in [4.78, 5) is 4.05. The molecule has 0 amide bonds. The summed E-state index contributed by atoms with van der Waals surface area (Å²) in [6.07, 6.45) is 3.00. The van der Waals surface area contributed by atoms with Crippen molar-refractivity contribution in [3.63, 3.8) is 0 Å². The zero-order chi connectivity index (χ0) is 18.1. The summed E-state index contributed by atoms with van der Waals surface area (Å²) in [6, 6.07) is 16.2. The smallest absolute Gasteiger partial charge is 0.145 e. The molecule has 0 unspecified atom stereocenters. The molecular weight excluding hydrogens is 326 g/mol. The minimum Gasteiger partial charge on any atom is -0.505 e. The second-order valence-corrected chi connectivity index (χ2v) is 6.07. The Morgan fingerprint density at radius 1 is 0.962 bits per heavy atom. The summed E-state index contributed by atoms with van der Waals surface area (Å²) in [5, 5.41) is 28.3. The molecule has 2 aromatic carbocycles. The van der Waals surface area contributed by atoms with Gasteiger partial charge in [0.15, 0.2) is 0 Å². The predicted octanol–water partition coefficient (Wildman–Crippen LogP) is 3.44. The minimum absolute atomic E-state index is 0.00715. The van der Waals surface area contributed by atoms with Gasteiger partial charge < -0.3 is 10.2 Å². The van der Waals surface area contributed by atoms with Crippen LogP contribution in [-0.4, -0.2) is 27.1 Å². The van der Waals surface area contributed by atoms with Gasteiger partial charge in [-0.15, -0.1) is 5.10 Å².